The van der Waals surface area contributed by atoms with E-state index in [0.717, 1.165) is 25.0 Å². The van der Waals surface area contributed by atoms with Gasteiger partial charge in [0.25, 0.3) is 0 Å². The van der Waals surface area contributed by atoms with Crippen molar-refractivity contribution in [2.24, 2.45) is 5.92 Å². The molecule has 1 aliphatic carbocycles. The van der Waals surface area contributed by atoms with Gasteiger partial charge in [0.1, 0.15) is 0 Å². The first-order valence-corrected chi connectivity index (χ1v) is 5.29. The third kappa shape index (κ3) is 1.84. The zero-order valence-corrected chi connectivity index (χ0v) is 8.60. The van der Waals surface area contributed by atoms with Crippen molar-refractivity contribution in [3.05, 3.63) is 35.1 Å². The average molecular weight is 228 g/mol. The first kappa shape index (κ1) is 11.2. The average Bonchev–Trinajstić information content (AvgIpc) is 2.79. The molecular weight excluding hydrogens is 217 g/mol. The van der Waals surface area contributed by atoms with Gasteiger partial charge < -0.3 is 0 Å². The fraction of sp³-hybridized carbons (Fsp3) is 0.417. The Bertz CT molecular complexity index is 423. The van der Waals surface area contributed by atoms with Crippen LogP contribution in [0.1, 0.15) is 36.0 Å². The highest BCUT2D eigenvalue weighted by Gasteiger charge is 2.27. The van der Waals surface area contributed by atoms with Crippen LogP contribution in [0.5, 0.6) is 0 Å². The van der Waals surface area contributed by atoms with E-state index in [-0.39, 0.29) is 11.5 Å². The summed E-state index contributed by atoms with van der Waals surface area (Å²) >= 11 is 0. The van der Waals surface area contributed by atoms with E-state index in [9.17, 15) is 18.0 Å². The molecule has 1 nitrogen and oxygen atoms in total. The second-order valence-corrected chi connectivity index (χ2v) is 4.07. The molecule has 1 saturated carbocycles. The summed E-state index contributed by atoms with van der Waals surface area (Å²) in [6, 6.07) is 1.81. The normalized spacial score (nSPS) is 16.7. The highest BCUT2D eigenvalue weighted by molar-refractivity contribution is 5.98. The van der Waals surface area contributed by atoms with E-state index >= 15 is 0 Å². The van der Waals surface area contributed by atoms with Gasteiger partial charge in [0.2, 0.25) is 0 Å². The molecule has 0 heterocycles. The van der Waals surface area contributed by atoms with Gasteiger partial charge in [-0.1, -0.05) is 12.8 Å². The van der Waals surface area contributed by atoms with Crippen LogP contribution >= 0.6 is 0 Å². The summed E-state index contributed by atoms with van der Waals surface area (Å²) in [6.45, 7) is 0. The lowest BCUT2D eigenvalue weighted by Gasteiger charge is -2.09. The Kier molecular flexibility index (Phi) is 2.99. The second kappa shape index (κ2) is 4.28. The van der Waals surface area contributed by atoms with Crippen LogP contribution in [-0.2, 0) is 0 Å². The first-order chi connectivity index (χ1) is 7.61. The number of ketones is 1. The molecule has 0 saturated heterocycles. The van der Waals surface area contributed by atoms with E-state index in [4.69, 9.17) is 0 Å². The van der Waals surface area contributed by atoms with Crippen LogP contribution in [0.3, 0.4) is 0 Å². The molecule has 1 fully saturated rings. The minimum absolute atomic E-state index is 0.237. The molecule has 1 aliphatic rings. The van der Waals surface area contributed by atoms with Crippen LogP contribution in [-0.4, -0.2) is 5.78 Å². The van der Waals surface area contributed by atoms with Crippen molar-refractivity contribution in [3.8, 4) is 0 Å². The molecule has 0 radical (unpaired) electrons. The second-order valence-electron chi connectivity index (χ2n) is 4.07. The summed E-state index contributed by atoms with van der Waals surface area (Å²) in [7, 11) is 0. The Morgan fingerprint density at radius 2 is 1.69 bits per heavy atom. The minimum Gasteiger partial charge on any atom is -0.294 e. The fourth-order valence-electron chi connectivity index (χ4n) is 2.12. The summed E-state index contributed by atoms with van der Waals surface area (Å²) in [4.78, 5) is 11.8. The molecule has 16 heavy (non-hydrogen) atoms. The number of hydrogen-bond donors (Lipinski definition) is 0. The SMILES string of the molecule is O=C(c1ccc(F)c(F)c1F)C1CCCC1. The predicted molar refractivity (Wildman–Crippen MR) is 52.6 cm³/mol. The van der Waals surface area contributed by atoms with Gasteiger partial charge in [0.05, 0.1) is 5.56 Å². The maximum absolute atomic E-state index is 13.3. The molecule has 0 bridgehead atoms. The van der Waals surface area contributed by atoms with Gasteiger partial charge in [0.15, 0.2) is 23.2 Å². The summed E-state index contributed by atoms with van der Waals surface area (Å²) in [6.07, 6.45) is 3.28. The smallest absolute Gasteiger partial charge is 0.195 e. The summed E-state index contributed by atoms with van der Waals surface area (Å²) in [5.41, 5.74) is -0.328. The van der Waals surface area contributed by atoms with E-state index in [1.807, 2.05) is 0 Å². The van der Waals surface area contributed by atoms with Crippen LogP contribution in [0.2, 0.25) is 0 Å². The topological polar surface area (TPSA) is 17.1 Å². The highest BCUT2D eigenvalue weighted by Crippen LogP contribution is 2.29. The Labute approximate surface area is 91.3 Å². The lowest BCUT2D eigenvalue weighted by atomic mass is 9.96. The summed E-state index contributed by atoms with van der Waals surface area (Å²) < 4.78 is 38.9. The molecule has 0 spiro atoms. The van der Waals surface area contributed by atoms with Gasteiger partial charge in [-0.3, -0.25) is 4.79 Å². The molecule has 1 aromatic carbocycles. The Morgan fingerprint density at radius 3 is 2.31 bits per heavy atom. The van der Waals surface area contributed by atoms with E-state index in [0.29, 0.717) is 12.8 Å². The van der Waals surface area contributed by atoms with Gasteiger partial charge in [-0.15, -0.1) is 0 Å². The molecule has 2 rings (SSSR count). The van der Waals surface area contributed by atoms with Crippen molar-refractivity contribution < 1.29 is 18.0 Å². The van der Waals surface area contributed by atoms with E-state index in [1.54, 1.807) is 0 Å². The zero-order valence-electron chi connectivity index (χ0n) is 8.60. The van der Waals surface area contributed by atoms with Crippen LogP contribution < -0.4 is 0 Å². The van der Waals surface area contributed by atoms with E-state index in [1.165, 1.54) is 0 Å². The Hall–Kier alpha value is -1.32. The first-order valence-electron chi connectivity index (χ1n) is 5.29. The standard InChI is InChI=1S/C12H11F3O/c13-9-6-5-8(10(14)11(9)15)12(16)7-3-1-2-4-7/h5-7H,1-4H2. The Balaban J connectivity index is 2.33. The van der Waals surface area contributed by atoms with Gasteiger partial charge in [0, 0.05) is 5.92 Å². The summed E-state index contributed by atoms with van der Waals surface area (Å²) in [5, 5.41) is 0. The van der Waals surface area contributed by atoms with E-state index in [2.05, 4.69) is 0 Å². The number of benzene rings is 1. The lowest BCUT2D eigenvalue weighted by molar-refractivity contribution is 0.0917. The van der Waals surface area contributed by atoms with E-state index < -0.39 is 23.2 Å². The van der Waals surface area contributed by atoms with Crippen molar-refractivity contribution in [3.63, 3.8) is 0 Å². The predicted octanol–water partition coefficient (Wildman–Crippen LogP) is 3.48. The fourth-order valence-corrected chi connectivity index (χ4v) is 2.12. The third-order valence-electron chi connectivity index (χ3n) is 3.03. The van der Waals surface area contributed by atoms with Crippen molar-refractivity contribution in [2.75, 3.05) is 0 Å². The van der Waals surface area contributed by atoms with Crippen molar-refractivity contribution in [1.29, 1.82) is 0 Å². The molecule has 0 amide bonds. The number of halogens is 3. The molecule has 0 atom stereocenters. The largest absolute Gasteiger partial charge is 0.294 e. The molecule has 0 aliphatic heterocycles. The molecule has 0 aromatic heterocycles. The number of hydrogen-bond acceptors (Lipinski definition) is 1. The molecule has 0 N–H and O–H groups in total. The van der Waals surface area contributed by atoms with Crippen molar-refractivity contribution >= 4 is 5.78 Å². The maximum atomic E-state index is 13.3. The summed E-state index contributed by atoms with van der Waals surface area (Å²) in [5.74, 6) is -4.84. The maximum Gasteiger partial charge on any atom is 0.195 e. The quantitative estimate of drug-likeness (QED) is 0.559. The Morgan fingerprint density at radius 1 is 1.06 bits per heavy atom. The van der Waals surface area contributed by atoms with Crippen LogP contribution in [0.25, 0.3) is 0 Å². The molecule has 86 valence electrons. The number of carbonyl (C=O) groups excluding carboxylic acids is 1. The number of rotatable bonds is 2. The van der Waals surface area contributed by atoms with Crippen LogP contribution in [0.15, 0.2) is 12.1 Å². The number of Topliss-reactive ketones (excluding diaryl/α,β-unsaturated/α-hetero) is 1. The van der Waals surface area contributed by atoms with Crippen LogP contribution in [0.4, 0.5) is 13.2 Å². The van der Waals surface area contributed by atoms with Gasteiger partial charge in [-0.25, -0.2) is 13.2 Å². The van der Waals surface area contributed by atoms with Gasteiger partial charge >= 0.3 is 0 Å². The minimum atomic E-state index is -1.57. The molecular formula is C12H11F3O. The lowest BCUT2D eigenvalue weighted by Crippen LogP contribution is -2.14. The van der Waals surface area contributed by atoms with Crippen LogP contribution in [0, 0.1) is 23.4 Å². The molecule has 0 unspecified atom stereocenters. The number of carbonyl (C=O) groups is 1. The highest BCUT2D eigenvalue weighted by atomic mass is 19.2. The van der Waals surface area contributed by atoms with Gasteiger partial charge in [-0.05, 0) is 25.0 Å². The van der Waals surface area contributed by atoms with Crippen molar-refractivity contribution in [2.45, 2.75) is 25.7 Å². The zero-order chi connectivity index (χ0) is 11.7. The monoisotopic (exact) mass is 228 g/mol. The van der Waals surface area contributed by atoms with Crippen molar-refractivity contribution in [1.82, 2.24) is 0 Å². The third-order valence-corrected chi connectivity index (χ3v) is 3.03. The van der Waals surface area contributed by atoms with Gasteiger partial charge in [-0.2, -0.15) is 0 Å². The molecule has 1 aromatic rings. The molecule has 4 heteroatoms.